The van der Waals surface area contributed by atoms with E-state index in [9.17, 15) is 9.59 Å². The third-order valence-corrected chi connectivity index (χ3v) is 6.23. The van der Waals surface area contributed by atoms with Gasteiger partial charge >= 0.3 is 0 Å². The molecule has 5 rings (SSSR count). The molecule has 0 bridgehead atoms. The first-order valence-electron chi connectivity index (χ1n) is 11.0. The van der Waals surface area contributed by atoms with E-state index in [0.29, 0.717) is 34.2 Å². The predicted octanol–water partition coefficient (Wildman–Crippen LogP) is 5.82. The average Bonchev–Trinajstić information content (AvgIpc) is 3.51. The molecule has 0 aliphatic carbocycles. The Morgan fingerprint density at radius 1 is 0.971 bits per heavy atom. The number of benzene rings is 2. The molecule has 3 heterocycles. The molecule has 2 amide bonds. The van der Waals surface area contributed by atoms with Gasteiger partial charge < -0.3 is 9.73 Å². The van der Waals surface area contributed by atoms with Crippen molar-refractivity contribution in [1.82, 2.24) is 15.3 Å². The van der Waals surface area contributed by atoms with Crippen LogP contribution in [-0.4, -0.2) is 21.8 Å². The van der Waals surface area contributed by atoms with Gasteiger partial charge in [0.25, 0.3) is 5.91 Å². The lowest BCUT2D eigenvalue weighted by Gasteiger charge is -2.08. The number of anilines is 1. The number of aromatic nitrogens is 2. The highest BCUT2D eigenvalue weighted by Gasteiger charge is 2.17. The molecule has 0 aliphatic rings. The van der Waals surface area contributed by atoms with Crippen molar-refractivity contribution in [2.75, 3.05) is 5.32 Å². The average molecular weight is 483 g/mol. The van der Waals surface area contributed by atoms with Crippen LogP contribution in [0.15, 0.2) is 76.5 Å². The standard InChI is InChI=1S/C27H22N4O3S/c1-16-7-12-25(34-16)23-13-21(20-5-3-4-6-22(20)29-23)26(33)31-27-30-24(15-35-27)19-10-8-18(9-11-19)14-28-17(2)32/h3-13,15H,14H2,1-2H3,(H,28,32)(H,30,31,33). The molecule has 0 aliphatic heterocycles. The van der Waals surface area contributed by atoms with Gasteiger partial charge in [0, 0.05) is 29.8 Å². The Bertz CT molecular complexity index is 1540. The van der Waals surface area contributed by atoms with Gasteiger partial charge in [-0.3, -0.25) is 14.9 Å². The summed E-state index contributed by atoms with van der Waals surface area (Å²) in [6.07, 6.45) is 0. The van der Waals surface area contributed by atoms with Gasteiger partial charge in [0.15, 0.2) is 10.9 Å². The van der Waals surface area contributed by atoms with Crippen molar-refractivity contribution in [1.29, 1.82) is 0 Å². The number of furan rings is 1. The monoisotopic (exact) mass is 482 g/mol. The molecule has 0 radical (unpaired) electrons. The normalized spacial score (nSPS) is 10.9. The van der Waals surface area contributed by atoms with Gasteiger partial charge in [-0.2, -0.15) is 0 Å². The quantitative estimate of drug-likeness (QED) is 0.318. The second-order valence-corrected chi connectivity index (χ2v) is 8.94. The van der Waals surface area contributed by atoms with Crippen LogP contribution >= 0.6 is 11.3 Å². The molecule has 3 aromatic heterocycles. The fraction of sp³-hybridized carbons (Fsp3) is 0.111. The number of hydrogen-bond acceptors (Lipinski definition) is 6. The van der Waals surface area contributed by atoms with Gasteiger partial charge in [0.2, 0.25) is 5.91 Å². The number of nitrogens with one attached hydrogen (secondary N) is 2. The van der Waals surface area contributed by atoms with Crippen molar-refractivity contribution in [3.8, 4) is 22.7 Å². The highest BCUT2D eigenvalue weighted by atomic mass is 32.1. The lowest BCUT2D eigenvalue weighted by atomic mass is 10.1. The number of amides is 2. The number of thiazole rings is 1. The summed E-state index contributed by atoms with van der Waals surface area (Å²) in [7, 11) is 0. The van der Waals surface area contributed by atoms with Gasteiger partial charge in [-0.25, -0.2) is 9.97 Å². The Labute approximate surface area is 205 Å². The van der Waals surface area contributed by atoms with Crippen LogP contribution in [-0.2, 0) is 11.3 Å². The van der Waals surface area contributed by atoms with Gasteiger partial charge in [-0.15, -0.1) is 11.3 Å². The van der Waals surface area contributed by atoms with Crippen molar-refractivity contribution in [3.05, 3.63) is 89.0 Å². The number of pyridine rings is 1. The Kier molecular flexibility index (Phi) is 6.12. The highest BCUT2D eigenvalue weighted by molar-refractivity contribution is 7.14. The van der Waals surface area contributed by atoms with E-state index in [1.165, 1.54) is 18.3 Å². The molecular weight excluding hydrogens is 460 g/mol. The molecule has 0 unspecified atom stereocenters. The third-order valence-electron chi connectivity index (χ3n) is 5.47. The predicted molar refractivity (Wildman–Crippen MR) is 137 cm³/mol. The van der Waals surface area contributed by atoms with Crippen LogP contribution in [0.1, 0.15) is 28.6 Å². The maximum absolute atomic E-state index is 13.3. The Morgan fingerprint density at radius 2 is 1.77 bits per heavy atom. The topological polar surface area (TPSA) is 97.1 Å². The molecule has 8 heteroatoms. The van der Waals surface area contributed by atoms with Crippen molar-refractivity contribution in [3.63, 3.8) is 0 Å². The fourth-order valence-corrected chi connectivity index (χ4v) is 4.42. The highest BCUT2D eigenvalue weighted by Crippen LogP contribution is 2.29. The van der Waals surface area contributed by atoms with Crippen LogP contribution in [0.3, 0.4) is 0 Å². The van der Waals surface area contributed by atoms with Gasteiger partial charge in [-0.1, -0.05) is 42.5 Å². The van der Waals surface area contributed by atoms with Crippen LogP contribution in [0.2, 0.25) is 0 Å². The van der Waals surface area contributed by atoms with Crippen LogP contribution in [0.5, 0.6) is 0 Å². The number of carbonyl (C=O) groups excluding carboxylic acids is 2. The molecule has 0 saturated heterocycles. The summed E-state index contributed by atoms with van der Waals surface area (Å²) >= 11 is 1.36. The second kappa shape index (κ2) is 9.52. The Morgan fingerprint density at radius 3 is 2.51 bits per heavy atom. The van der Waals surface area contributed by atoms with Gasteiger partial charge in [0.1, 0.15) is 11.5 Å². The van der Waals surface area contributed by atoms with E-state index in [-0.39, 0.29) is 11.8 Å². The summed E-state index contributed by atoms with van der Waals surface area (Å²) in [5.41, 5.74) is 4.50. The molecule has 2 aromatic carbocycles. The first-order chi connectivity index (χ1) is 17.0. The molecule has 2 N–H and O–H groups in total. The van der Waals surface area contributed by atoms with Crippen molar-refractivity contribution in [2.45, 2.75) is 20.4 Å². The van der Waals surface area contributed by atoms with Crippen LogP contribution in [0.4, 0.5) is 5.13 Å². The zero-order chi connectivity index (χ0) is 24.4. The Hall–Kier alpha value is -4.30. The summed E-state index contributed by atoms with van der Waals surface area (Å²) in [5, 5.41) is 8.87. The zero-order valence-corrected chi connectivity index (χ0v) is 20.0. The third kappa shape index (κ3) is 4.97. The van der Waals surface area contributed by atoms with E-state index in [2.05, 4.69) is 20.6 Å². The Balaban J connectivity index is 1.39. The minimum atomic E-state index is -0.264. The van der Waals surface area contributed by atoms with Crippen molar-refractivity contribution >= 4 is 39.2 Å². The number of carbonyl (C=O) groups is 2. The van der Waals surface area contributed by atoms with E-state index in [0.717, 1.165) is 28.0 Å². The van der Waals surface area contributed by atoms with E-state index < -0.39 is 0 Å². The molecule has 0 saturated carbocycles. The molecule has 0 fully saturated rings. The van der Waals surface area contributed by atoms with E-state index in [1.54, 1.807) is 6.07 Å². The summed E-state index contributed by atoms with van der Waals surface area (Å²) in [4.78, 5) is 33.7. The minimum Gasteiger partial charge on any atom is -0.460 e. The molecule has 7 nitrogen and oxygen atoms in total. The molecule has 35 heavy (non-hydrogen) atoms. The largest absolute Gasteiger partial charge is 0.460 e. The van der Waals surface area contributed by atoms with Crippen LogP contribution in [0, 0.1) is 6.92 Å². The maximum atomic E-state index is 13.3. The maximum Gasteiger partial charge on any atom is 0.258 e. The number of rotatable bonds is 6. The van der Waals surface area contributed by atoms with Gasteiger partial charge in [-0.05, 0) is 36.8 Å². The number of hydrogen-bond donors (Lipinski definition) is 2. The summed E-state index contributed by atoms with van der Waals surface area (Å²) in [6, 6.07) is 20.8. The first-order valence-corrected chi connectivity index (χ1v) is 11.9. The lowest BCUT2D eigenvalue weighted by Crippen LogP contribution is -2.18. The molecule has 174 valence electrons. The zero-order valence-electron chi connectivity index (χ0n) is 19.2. The van der Waals surface area contributed by atoms with E-state index in [1.807, 2.05) is 73.0 Å². The smallest absolute Gasteiger partial charge is 0.258 e. The fourth-order valence-electron chi connectivity index (χ4n) is 3.71. The molecular formula is C27H22N4O3S. The van der Waals surface area contributed by atoms with E-state index in [4.69, 9.17) is 4.42 Å². The molecule has 0 spiro atoms. The van der Waals surface area contributed by atoms with E-state index >= 15 is 0 Å². The molecule has 5 aromatic rings. The summed E-state index contributed by atoms with van der Waals surface area (Å²) in [6.45, 7) is 3.84. The van der Waals surface area contributed by atoms with Crippen LogP contribution in [0.25, 0.3) is 33.6 Å². The van der Waals surface area contributed by atoms with Crippen molar-refractivity contribution in [2.24, 2.45) is 0 Å². The van der Waals surface area contributed by atoms with Crippen LogP contribution < -0.4 is 10.6 Å². The first kappa shape index (κ1) is 22.5. The van der Waals surface area contributed by atoms with Gasteiger partial charge in [0.05, 0.1) is 16.8 Å². The second-order valence-electron chi connectivity index (χ2n) is 8.08. The SMILES string of the molecule is CC(=O)NCc1ccc(-c2csc(NC(=O)c3cc(-c4ccc(C)o4)nc4ccccc34)n2)cc1. The molecule has 0 atom stereocenters. The number of aryl methyl sites for hydroxylation is 1. The summed E-state index contributed by atoms with van der Waals surface area (Å²) < 4.78 is 5.73. The minimum absolute atomic E-state index is 0.0673. The number of nitrogens with zero attached hydrogens (tertiary/aromatic N) is 2. The van der Waals surface area contributed by atoms with Crippen molar-refractivity contribution < 1.29 is 14.0 Å². The lowest BCUT2D eigenvalue weighted by molar-refractivity contribution is -0.119. The summed E-state index contributed by atoms with van der Waals surface area (Å²) in [5.74, 6) is 1.06. The number of para-hydroxylation sites is 1. The number of fused-ring (bicyclic) bond motifs is 1.